The number of hydrogen-bond donors (Lipinski definition) is 0. The molecule has 0 aromatic carbocycles. The highest BCUT2D eigenvalue weighted by Crippen LogP contribution is 2.33. The maximum absolute atomic E-state index is 12.7. The van der Waals surface area contributed by atoms with Crippen molar-refractivity contribution in [1.82, 2.24) is 0 Å². The molecule has 0 N–H and O–H groups in total. The lowest BCUT2D eigenvalue weighted by molar-refractivity contribution is -0.126. The summed E-state index contributed by atoms with van der Waals surface area (Å²) in [4.78, 5) is 0. The first-order chi connectivity index (χ1) is 6.97. The molecule has 1 nitrogen and oxygen atoms in total. The summed E-state index contributed by atoms with van der Waals surface area (Å²) in [7, 11) is 0. The number of ether oxygens (including phenoxy) is 1. The van der Waals surface area contributed by atoms with Crippen LogP contribution in [0.1, 0.15) is 45.4 Å². The SMILES string of the molecule is CC(F)(F)COC1(CBr)CCCCCC1. The van der Waals surface area contributed by atoms with Gasteiger partial charge in [-0.3, -0.25) is 0 Å². The Hall–Kier alpha value is 0.300. The van der Waals surface area contributed by atoms with E-state index in [2.05, 4.69) is 15.9 Å². The van der Waals surface area contributed by atoms with Gasteiger partial charge in [0.1, 0.15) is 6.61 Å². The Bertz CT molecular complexity index is 184. The van der Waals surface area contributed by atoms with Crippen molar-refractivity contribution in [2.75, 3.05) is 11.9 Å². The first kappa shape index (κ1) is 13.4. The van der Waals surface area contributed by atoms with Crippen LogP contribution in [0.3, 0.4) is 0 Å². The molecule has 0 atom stereocenters. The van der Waals surface area contributed by atoms with Crippen molar-refractivity contribution in [3.8, 4) is 0 Å². The maximum Gasteiger partial charge on any atom is 0.268 e. The molecule has 90 valence electrons. The molecule has 0 saturated heterocycles. The third kappa shape index (κ3) is 4.77. The third-order valence-electron chi connectivity index (χ3n) is 2.89. The second-order valence-electron chi connectivity index (χ2n) is 4.59. The van der Waals surface area contributed by atoms with Crippen molar-refractivity contribution < 1.29 is 13.5 Å². The molecule has 4 heteroatoms. The molecular formula is C11H19BrF2O. The molecular weight excluding hydrogens is 266 g/mol. The van der Waals surface area contributed by atoms with E-state index < -0.39 is 12.5 Å². The van der Waals surface area contributed by atoms with Crippen molar-refractivity contribution >= 4 is 15.9 Å². The third-order valence-corrected chi connectivity index (χ3v) is 3.91. The van der Waals surface area contributed by atoms with E-state index in [1.54, 1.807) is 0 Å². The van der Waals surface area contributed by atoms with Gasteiger partial charge in [-0.15, -0.1) is 0 Å². The molecule has 0 unspecified atom stereocenters. The summed E-state index contributed by atoms with van der Waals surface area (Å²) < 4.78 is 31.0. The highest BCUT2D eigenvalue weighted by molar-refractivity contribution is 9.09. The summed E-state index contributed by atoms with van der Waals surface area (Å²) in [6.45, 7) is 0.449. The highest BCUT2D eigenvalue weighted by Gasteiger charge is 2.34. The van der Waals surface area contributed by atoms with Gasteiger partial charge in [0, 0.05) is 12.3 Å². The molecule has 1 fully saturated rings. The predicted molar refractivity (Wildman–Crippen MR) is 60.8 cm³/mol. The van der Waals surface area contributed by atoms with Gasteiger partial charge in [-0.25, -0.2) is 8.78 Å². The fraction of sp³-hybridized carbons (Fsp3) is 1.00. The van der Waals surface area contributed by atoms with E-state index in [0.717, 1.165) is 32.6 Å². The van der Waals surface area contributed by atoms with Gasteiger partial charge in [0.05, 0.1) is 5.60 Å². The first-order valence-corrected chi connectivity index (χ1v) is 6.67. The second kappa shape index (κ2) is 5.58. The molecule has 1 aliphatic rings. The van der Waals surface area contributed by atoms with Crippen LogP contribution in [0.4, 0.5) is 8.78 Å². The van der Waals surface area contributed by atoms with Gasteiger partial charge in [0.2, 0.25) is 0 Å². The lowest BCUT2D eigenvalue weighted by Gasteiger charge is -2.32. The van der Waals surface area contributed by atoms with Crippen LogP contribution < -0.4 is 0 Å². The smallest absolute Gasteiger partial charge is 0.268 e. The van der Waals surface area contributed by atoms with Crippen LogP contribution in [0.15, 0.2) is 0 Å². The van der Waals surface area contributed by atoms with Crippen molar-refractivity contribution in [3.05, 3.63) is 0 Å². The Morgan fingerprint density at radius 1 is 1.20 bits per heavy atom. The molecule has 0 aromatic heterocycles. The van der Waals surface area contributed by atoms with Gasteiger partial charge in [0.15, 0.2) is 0 Å². The molecule has 1 saturated carbocycles. The molecule has 0 aromatic rings. The molecule has 15 heavy (non-hydrogen) atoms. The van der Waals surface area contributed by atoms with Gasteiger partial charge < -0.3 is 4.74 Å². The van der Waals surface area contributed by atoms with E-state index >= 15 is 0 Å². The Morgan fingerprint density at radius 2 is 1.73 bits per heavy atom. The van der Waals surface area contributed by atoms with E-state index in [-0.39, 0.29) is 5.60 Å². The number of hydrogen-bond acceptors (Lipinski definition) is 1. The van der Waals surface area contributed by atoms with E-state index in [4.69, 9.17) is 4.74 Å². The van der Waals surface area contributed by atoms with Crippen LogP contribution in [0.5, 0.6) is 0 Å². The van der Waals surface area contributed by atoms with Gasteiger partial charge in [-0.2, -0.15) is 0 Å². The summed E-state index contributed by atoms with van der Waals surface area (Å²) in [5, 5.41) is 0.663. The molecule has 1 rings (SSSR count). The standard InChI is InChI=1S/C11H19BrF2O/c1-10(13,14)9-15-11(8-12)6-4-2-3-5-7-11/h2-9H2,1H3. The Balaban J connectivity index is 2.50. The lowest BCUT2D eigenvalue weighted by atomic mass is 9.97. The zero-order chi connectivity index (χ0) is 11.4. The van der Waals surface area contributed by atoms with Gasteiger partial charge in [-0.1, -0.05) is 41.6 Å². The van der Waals surface area contributed by atoms with E-state index in [9.17, 15) is 8.78 Å². The van der Waals surface area contributed by atoms with E-state index in [1.165, 1.54) is 12.8 Å². The number of halogens is 3. The average molecular weight is 285 g/mol. The number of rotatable bonds is 4. The zero-order valence-electron chi connectivity index (χ0n) is 9.20. The van der Waals surface area contributed by atoms with E-state index in [1.807, 2.05) is 0 Å². The molecule has 1 aliphatic carbocycles. The summed E-state index contributed by atoms with van der Waals surface area (Å²) in [5.74, 6) is -2.72. The normalized spacial score (nSPS) is 22.4. The summed E-state index contributed by atoms with van der Waals surface area (Å²) >= 11 is 3.40. The van der Waals surface area contributed by atoms with Crippen LogP contribution >= 0.6 is 15.9 Å². The summed E-state index contributed by atoms with van der Waals surface area (Å²) in [6, 6.07) is 0. The molecule has 0 radical (unpaired) electrons. The molecule has 0 heterocycles. The van der Waals surface area contributed by atoms with Crippen molar-refractivity contribution in [2.45, 2.75) is 57.0 Å². The summed E-state index contributed by atoms with van der Waals surface area (Å²) in [5.41, 5.74) is -0.351. The van der Waals surface area contributed by atoms with Crippen LogP contribution in [0.2, 0.25) is 0 Å². The Labute approximate surface area is 98.7 Å². The van der Waals surface area contributed by atoms with Crippen molar-refractivity contribution in [3.63, 3.8) is 0 Å². The van der Waals surface area contributed by atoms with Crippen molar-refractivity contribution in [1.29, 1.82) is 0 Å². The monoisotopic (exact) mass is 284 g/mol. The minimum atomic E-state index is -2.72. The fourth-order valence-electron chi connectivity index (χ4n) is 1.97. The second-order valence-corrected chi connectivity index (χ2v) is 5.15. The van der Waals surface area contributed by atoms with Gasteiger partial charge >= 0.3 is 0 Å². The fourth-order valence-corrected chi connectivity index (χ4v) is 2.69. The summed E-state index contributed by atoms with van der Waals surface area (Å²) in [6.07, 6.45) is 6.35. The Kier molecular flexibility index (Phi) is 4.97. The maximum atomic E-state index is 12.7. The lowest BCUT2D eigenvalue weighted by Crippen LogP contribution is -2.37. The quantitative estimate of drug-likeness (QED) is 0.557. The van der Waals surface area contributed by atoms with Crippen LogP contribution in [-0.2, 0) is 4.74 Å². The van der Waals surface area contributed by atoms with Crippen LogP contribution in [-0.4, -0.2) is 23.5 Å². The van der Waals surface area contributed by atoms with Crippen LogP contribution in [0.25, 0.3) is 0 Å². The molecule has 0 spiro atoms. The molecule has 0 bridgehead atoms. The topological polar surface area (TPSA) is 9.23 Å². The molecule has 0 aliphatic heterocycles. The van der Waals surface area contributed by atoms with Crippen LogP contribution in [0, 0.1) is 0 Å². The largest absolute Gasteiger partial charge is 0.368 e. The van der Waals surface area contributed by atoms with Gasteiger partial charge in [-0.05, 0) is 12.8 Å². The average Bonchev–Trinajstić information content (AvgIpc) is 2.40. The zero-order valence-corrected chi connectivity index (χ0v) is 10.8. The number of alkyl halides is 3. The highest BCUT2D eigenvalue weighted by atomic mass is 79.9. The minimum Gasteiger partial charge on any atom is -0.368 e. The van der Waals surface area contributed by atoms with Gasteiger partial charge in [0.25, 0.3) is 5.92 Å². The first-order valence-electron chi connectivity index (χ1n) is 5.55. The minimum absolute atomic E-state index is 0.351. The molecule has 0 amide bonds. The Morgan fingerprint density at radius 3 is 2.13 bits per heavy atom. The predicted octanol–water partition coefficient (Wildman–Crippen LogP) is 4.15. The van der Waals surface area contributed by atoms with Crippen molar-refractivity contribution in [2.24, 2.45) is 0 Å². The van der Waals surface area contributed by atoms with E-state index in [0.29, 0.717) is 5.33 Å².